The number of ether oxygens (including phenoxy) is 1. The maximum atomic E-state index is 11.6. The van der Waals surface area contributed by atoms with Gasteiger partial charge in [0.05, 0.1) is 6.54 Å². The van der Waals surface area contributed by atoms with Crippen molar-refractivity contribution in [2.75, 3.05) is 37.0 Å². The quantitative estimate of drug-likeness (QED) is 0.837. The van der Waals surface area contributed by atoms with Crippen molar-refractivity contribution in [2.45, 2.75) is 6.42 Å². The van der Waals surface area contributed by atoms with Crippen LogP contribution < -0.4 is 15.5 Å². The van der Waals surface area contributed by atoms with Crippen molar-refractivity contribution in [1.29, 1.82) is 0 Å². The van der Waals surface area contributed by atoms with Crippen LogP contribution in [0.4, 0.5) is 16.2 Å². The molecule has 1 aliphatic heterocycles. The van der Waals surface area contributed by atoms with Crippen LogP contribution in [0, 0.1) is 0 Å². The minimum absolute atomic E-state index is 0.0597. The molecule has 2 N–H and O–H groups in total. The molecule has 2 rings (SSSR count). The lowest BCUT2D eigenvalue weighted by Gasteiger charge is -2.14. The summed E-state index contributed by atoms with van der Waals surface area (Å²) in [6.45, 7) is 1.57. The predicted octanol–water partition coefficient (Wildman–Crippen LogP) is 1.19. The van der Waals surface area contributed by atoms with Gasteiger partial charge in [-0.05, 0) is 25.2 Å². The molecule has 0 unspecified atom stereocenters. The van der Waals surface area contributed by atoms with E-state index >= 15 is 0 Å². The van der Waals surface area contributed by atoms with Crippen LogP contribution in [-0.2, 0) is 9.53 Å². The Hall–Kier alpha value is -2.08. The number of rotatable bonds is 5. The van der Waals surface area contributed by atoms with Gasteiger partial charge in [0.25, 0.3) is 0 Å². The topological polar surface area (TPSA) is 70.7 Å². The summed E-state index contributed by atoms with van der Waals surface area (Å²) in [6.07, 6.45) is 0.0607. The van der Waals surface area contributed by atoms with E-state index in [4.69, 9.17) is 4.74 Å². The Labute approximate surface area is 111 Å². The third kappa shape index (κ3) is 3.45. The molecule has 102 valence electrons. The van der Waals surface area contributed by atoms with Gasteiger partial charge in [-0.1, -0.05) is 6.07 Å². The van der Waals surface area contributed by atoms with E-state index in [2.05, 4.69) is 10.6 Å². The Balaban J connectivity index is 2.02. The van der Waals surface area contributed by atoms with Crippen molar-refractivity contribution >= 4 is 23.4 Å². The van der Waals surface area contributed by atoms with Crippen molar-refractivity contribution in [3.05, 3.63) is 24.3 Å². The van der Waals surface area contributed by atoms with Gasteiger partial charge in [-0.3, -0.25) is 9.69 Å². The second-order valence-electron chi connectivity index (χ2n) is 4.22. The van der Waals surface area contributed by atoms with Crippen LogP contribution in [0.5, 0.6) is 0 Å². The number of hydrogen-bond donors (Lipinski definition) is 2. The van der Waals surface area contributed by atoms with Gasteiger partial charge in [-0.15, -0.1) is 0 Å². The smallest absolute Gasteiger partial charge is 0.414 e. The summed E-state index contributed by atoms with van der Waals surface area (Å²) >= 11 is 0. The molecule has 1 saturated heterocycles. The van der Waals surface area contributed by atoms with Gasteiger partial charge >= 0.3 is 6.09 Å². The summed E-state index contributed by atoms with van der Waals surface area (Å²) in [5.74, 6) is -0.0597. The highest BCUT2D eigenvalue weighted by Gasteiger charge is 2.23. The van der Waals surface area contributed by atoms with E-state index in [1.54, 1.807) is 30.1 Å². The number of nitrogens with zero attached hydrogens (tertiary/aromatic N) is 1. The van der Waals surface area contributed by atoms with Crippen molar-refractivity contribution in [2.24, 2.45) is 0 Å². The molecule has 0 radical (unpaired) electrons. The van der Waals surface area contributed by atoms with Crippen molar-refractivity contribution in [1.82, 2.24) is 5.32 Å². The van der Waals surface area contributed by atoms with Crippen LogP contribution in [0.25, 0.3) is 0 Å². The first-order chi connectivity index (χ1) is 9.20. The highest BCUT2D eigenvalue weighted by atomic mass is 16.6. The van der Waals surface area contributed by atoms with E-state index in [-0.39, 0.29) is 12.0 Å². The average molecular weight is 263 g/mol. The Morgan fingerprint density at radius 2 is 2.32 bits per heavy atom. The fraction of sp³-hybridized carbons (Fsp3) is 0.385. The molecule has 2 amide bonds. The zero-order valence-electron chi connectivity index (χ0n) is 10.8. The highest BCUT2D eigenvalue weighted by Crippen LogP contribution is 2.22. The minimum atomic E-state index is -0.348. The maximum Gasteiger partial charge on any atom is 0.414 e. The zero-order chi connectivity index (χ0) is 13.7. The molecule has 0 bridgehead atoms. The molecular formula is C13H17N3O3. The van der Waals surface area contributed by atoms with Crippen molar-refractivity contribution in [3.8, 4) is 0 Å². The van der Waals surface area contributed by atoms with Crippen molar-refractivity contribution in [3.63, 3.8) is 0 Å². The van der Waals surface area contributed by atoms with Gasteiger partial charge in [0.1, 0.15) is 6.61 Å². The number of benzene rings is 1. The fourth-order valence-electron chi connectivity index (χ4n) is 1.84. The van der Waals surface area contributed by atoms with Crippen LogP contribution >= 0.6 is 0 Å². The summed E-state index contributed by atoms with van der Waals surface area (Å²) in [4.78, 5) is 24.6. The fourth-order valence-corrected chi connectivity index (χ4v) is 1.84. The Morgan fingerprint density at radius 1 is 1.47 bits per heavy atom. The predicted molar refractivity (Wildman–Crippen MR) is 72.3 cm³/mol. The molecule has 6 heteroatoms. The van der Waals surface area contributed by atoms with Crippen LogP contribution in [0.15, 0.2) is 24.3 Å². The normalized spacial score (nSPS) is 14.4. The molecule has 1 aliphatic rings. The van der Waals surface area contributed by atoms with E-state index < -0.39 is 0 Å². The minimum Gasteiger partial charge on any atom is -0.447 e. The monoisotopic (exact) mass is 263 g/mol. The van der Waals surface area contributed by atoms with Gasteiger partial charge in [-0.2, -0.15) is 0 Å². The summed E-state index contributed by atoms with van der Waals surface area (Å²) in [7, 11) is 1.80. The second-order valence-corrected chi connectivity index (χ2v) is 4.22. The lowest BCUT2D eigenvalue weighted by Crippen LogP contribution is -2.23. The van der Waals surface area contributed by atoms with E-state index in [0.29, 0.717) is 31.8 Å². The third-order valence-corrected chi connectivity index (χ3v) is 2.80. The van der Waals surface area contributed by atoms with Gasteiger partial charge < -0.3 is 15.4 Å². The van der Waals surface area contributed by atoms with E-state index in [0.717, 1.165) is 5.69 Å². The Bertz CT molecular complexity index is 476. The Morgan fingerprint density at radius 3 is 3.00 bits per heavy atom. The number of anilines is 2. The average Bonchev–Trinajstić information content (AvgIpc) is 2.83. The summed E-state index contributed by atoms with van der Waals surface area (Å²) in [6, 6.07) is 7.18. The van der Waals surface area contributed by atoms with Crippen LogP contribution in [0.2, 0.25) is 0 Å². The van der Waals surface area contributed by atoms with Gasteiger partial charge in [0.15, 0.2) is 0 Å². The molecule has 1 heterocycles. The second kappa shape index (κ2) is 6.19. The maximum absolute atomic E-state index is 11.6. The number of amides is 2. The number of carbonyl (C=O) groups is 2. The van der Waals surface area contributed by atoms with Gasteiger partial charge in [0, 0.05) is 24.3 Å². The standard InChI is InChI=1S/C13H17N3O3/c1-14-6-5-12(17)15-10-3-2-4-11(9-10)16-7-8-19-13(16)18/h2-4,9,14H,5-8H2,1H3,(H,15,17). The number of nitrogens with one attached hydrogen (secondary N) is 2. The van der Waals surface area contributed by atoms with Crippen LogP contribution in [0.1, 0.15) is 6.42 Å². The van der Waals surface area contributed by atoms with Crippen LogP contribution in [-0.4, -0.2) is 38.7 Å². The molecule has 0 aromatic heterocycles. The van der Waals surface area contributed by atoms with Crippen LogP contribution in [0.3, 0.4) is 0 Å². The molecule has 1 aromatic carbocycles. The lowest BCUT2D eigenvalue weighted by atomic mass is 10.2. The highest BCUT2D eigenvalue weighted by molar-refractivity contribution is 5.93. The van der Waals surface area contributed by atoms with Gasteiger partial charge in [-0.25, -0.2) is 4.79 Å². The summed E-state index contributed by atoms with van der Waals surface area (Å²) in [5, 5.41) is 5.71. The zero-order valence-corrected chi connectivity index (χ0v) is 10.8. The molecule has 0 saturated carbocycles. The number of carbonyl (C=O) groups excluding carboxylic acids is 2. The third-order valence-electron chi connectivity index (χ3n) is 2.80. The van der Waals surface area contributed by atoms with E-state index in [1.165, 1.54) is 0 Å². The summed E-state index contributed by atoms with van der Waals surface area (Å²) in [5.41, 5.74) is 1.41. The largest absolute Gasteiger partial charge is 0.447 e. The summed E-state index contributed by atoms with van der Waals surface area (Å²) < 4.78 is 4.89. The first-order valence-electron chi connectivity index (χ1n) is 6.19. The first kappa shape index (κ1) is 13.4. The first-order valence-corrected chi connectivity index (χ1v) is 6.19. The number of cyclic esters (lactones) is 1. The molecule has 6 nitrogen and oxygen atoms in total. The molecule has 19 heavy (non-hydrogen) atoms. The van der Waals surface area contributed by atoms with Crippen molar-refractivity contribution < 1.29 is 14.3 Å². The molecule has 0 aliphatic carbocycles. The molecule has 0 spiro atoms. The Kier molecular flexibility index (Phi) is 4.35. The number of hydrogen-bond acceptors (Lipinski definition) is 4. The molecular weight excluding hydrogens is 246 g/mol. The SMILES string of the molecule is CNCCC(=O)Nc1cccc(N2CCOC2=O)c1. The molecule has 1 aromatic rings. The molecule has 0 atom stereocenters. The van der Waals surface area contributed by atoms with E-state index in [1.807, 2.05) is 6.07 Å². The van der Waals surface area contributed by atoms with Gasteiger partial charge in [0.2, 0.25) is 5.91 Å². The van der Waals surface area contributed by atoms with E-state index in [9.17, 15) is 9.59 Å². The molecule has 1 fully saturated rings. The lowest BCUT2D eigenvalue weighted by molar-refractivity contribution is -0.116.